The van der Waals surface area contributed by atoms with Crippen LogP contribution >= 0.6 is 0 Å². The summed E-state index contributed by atoms with van der Waals surface area (Å²) in [4.78, 5) is 10.3. The van der Waals surface area contributed by atoms with Gasteiger partial charge in [0.15, 0.2) is 5.82 Å². The van der Waals surface area contributed by atoms with Crippen molar-refractivity contribution in [3.05, 3.63) is 187 Å². The zero-order chi connectivity index (χ0) is 34.8. The summed E-state index contributed by atoms with van der Waals surface area (Å²) in [6, 6.07) is 62.8. The maximum Gasteiger partial charge on any atom is 0.160 e. The van der Waals surface area contributed by atoms with Gasteiger partial charge in [-0.15, -0.1) is 0 Å². The van der Waals surface area contributed by atoms with Crippen LogP contribution in [0.3, 0.4) is 0 Å². The highest BCUT2D eigenvalue weighted by Gasteiger charge is 2.36. The highest BCUT2D eigenvalue weighted by molar-refractivity contribution is 6.11. The van der Waals surface area contributed by atoms with Crippen molar-refractivity contribution in [2.75, 3.05) is 0 Å². The quantitative estimate of drug-likeness (QED) is 0.183. The second-order valence-corrected chi connectivity index (χ2v) is 14.3. The molecule has 0 N–H and O–H groups in total. The Kier molecular flexibility index (Phi) is 6.84. The van der Waals surface area contributed by atoms with Crippen LogP contribution in [0.25, 0.3) is 83.6 Å². The highest BCUT2D eigenvalue weighted by Crippen LogP contribution is 2.51. The maximum atomic E-state index is 5.15. The Balaban J connectivity index is 1.09. The molecular weight excluding hydrogens is 631 g/mol. The van der Waals surface area contributed by atoms with Crippen molar-refractivity contribution in [1.82, 2.24) is 14.5 Å². The predicted octanol–water partition coefficient (Wildman–Crippen LogP) is 12.5. The minimum atomic E-state index is -0.0535. The second-order valence-electron chi connectivity index (χ2n) is 14.3. The van der Waals surface area contributed by atoms with Crippen molar-refractivity contribution in [3.63, 3.8) is 0 Å². The van der Waals surface area contributed by atoms with Crippen molar-refractivity contribution in [3.8, 4) is 61.8 Å². The summed E-state index contributed by atoms with van der Waals surface area (Å²) in [6.45, 7) is 4.70. The zero-order valence-corrected chi connectivity index (χ0v) is 29.1. The molecular formula is C49H35N3. The van der Waals surface area contributed by atoms with Gasteiger partial charge in [-0.25, -0.2) is 9.97 Å². The average Bonchev–Trinajstić information content (AvgIpc) is 3.65. The maximum absolute atomic E-state index is 5.15. The fourth-order valence-electron chi connectivity index (χ4n) is 8.15. The lowest BCUT2D eigenvalue weighted by atomic mass is 9.82. The Labute approximate surface area is 303 Å². The third kappa shape index (κ3) is 4.81. The minimum Gasteiger partial charge on any atom is -0.309 e. The predicted molar refractivity (Wildman–Crippen MR) is 216 cm³/mol. The lowest BCUT2D eigenvalue weighted by Crippen LogP contribution is -2.14. The topological polar surface area (TPSA) is 30.7 Å². The number of aromatic nitrogens is 3. The third-order valence-electron chi connectivity index (χ3n) is 10.8. The van der Waals surface area contributed by atoms with Crippen LogP contribution < -0.4 is 0 Å². The fraction of sp³-hybridized carbons (Fsp3) is 0.0612. The van der Waals surface area contributed by atoms with Gasteiger partial charge in [0.2, 0.25) is 0 Å². The lowest BCUT2D eigenvalue weighted by Gasteiger charge is -2.21. The number of hydrogen-bond acceptors (Lipinski definition) is 2. The van der Waals surface area contributed by atoms with Gasteiger partial charge < -0.3 is 4.57 Å². The zero-order valence-electron chi connectivity index (χ0n) is 29.1. The van der Waals surface area contributed by atoms with E-state index in [1.54, 1.807) is 0 Å². The van der Waals surface area contributed by atoms with Gasteiger partial charge in [-0.2, -0.15) is 0 Å². The van der Waals surface area contributed by atoms with Gasteiger partial charge in [-0.1, -0.05) is 141 Å². The molecule has 10 rings (SSSR count). The lowest BCUT2D eigenvalue weighted by molar-refractivity contribution is 0.661. The molecule has 0 fully saturated rings. The average molecular weight is 666 g/mol. The molecule has 0 unspecified atom stereocenters. The van der Waals surface area contributed by atoms with Crippen molar-refractivity contribution >= 4 is 21.8 Å². The largest absolute Gasteiger partial charge is 0.309 e. The van der Waals surface area contributed by atoms with Gasteiger partial charge in [0, 0.05) is 38.6 Å². The van der Waals surface area contributed by atoms with Crippen LogP contribution in [-0.4, -0.2) is 14.5 Å². The van der Waals surface area contributed by atoms with Crippen LogP contribution in [0.4, 0.5) is 0 Å². The van der Waals surface area contributed by atoms with Gasteiger partial charge in [0.25, 0.3) is 0 Å². The first-order chi connectivity index (χ1) is 25.5. The monoisotopic (exact) mass is 665 g/mol. The molecule has 0 spiro atoms. The van der Waals surface area contributed by atoms with Crippen LogP contribution in [0.1, 0.15) is 25.0 Å². The summed E-state index contributed by atoms with van der Waals surface area (Å²) in [6.07, 6.45) is 0. The van der Waals surface area contributed by atoms with E-state index < -0.39 is 0 Å². The summed E-state index contributed by atoms with van der Waals surface area (Å²) in [7, 11) is 0. The molecule has 0 atom stereocenters. The van der Waals surface area contributed by atoms with Crippen LogP contribution in [0.15, 0.2) is 176 Å². The molecule has 0 radical (unpaired) electrons. The van der Waals surface area contributed by atoms with E-state index in [1.165, 1.54) is 55.2 Å². The first kappa shape index (κ1) is 30.3. The van der Waals surface area contributed by atoms with E-state index in [0.29, 0.717) is 5.82 Å². The summed E-state index contributed by atoms with van der Waals surface area (Å²) < 4.78 is 2.41. The molecule has 2 heterocycles. The molecule has 9 aromatic rings. The van der Waals surface area contributed by atoms with Gasteiger partial charge in [-0.3, -0.25) is 0 Å². The first-order valence-corrected chi connectivity index (χ1v) is 17.9. The van der Waals surface area contributed by atoms with E-state index in [0.717, 1.165) is 33.8 Å². The Morgan fingerprint density at radius 3 is 1.69 bits per heavy atom. The van der Waals surface area contributed by atoms with Gasteiger partial charge in [0.05, 0.1) is 22.4 Å². The number of nitrogens with zero attached hydrogens (tertiary/aromatic N) is 3. The van der Waals surface area contributed by atoms with Gasteiger partial charge in [-0.05, 0) is 81.9 Å². The molecule has 0 saturated carbocycles. The number of rotatable bonds is 5. The Morgan fingerprint density at radius 2 is 0.962 bits per heavy atom. The molecule has 3 nitrogen and oxygen atoms in total. The smallest absolute Gasteiger partial charge is 0.160 e. The molecule has 0 saturated heterocycles. The van der Waals surface area contributed by atoms with E-state index >= 15 is 0 Å². The Morgan fingerprint density at radius 1 is 0.404 bits per heavy atom. The summed E-state index contributed by atoms with van der Waals surface area (Å²) in [5.74, 6) is 0.703. The van der Waals surface area contributed by atoms with E-state index in [2.05, 4.69) is 182 Å². The van der Waals surface area contributed by atoms with Crippen LogP contribution in [0.5, 0.6) is 0 Å². The molecule has 52 heavy (non-hydrogen) atoms. The van der Waals surface area contributed by atoms with E-state index in [4.69, 9.17) is 9.97 Å². The Hall–Kier alpha value is -6.58. The minimum absolute atomic E-state index is 0.0535. The molecule has 246 valence electrons. The number of para-hydroxylation sites is 1. The molecule has 2 aromatic heterocycles. The first-order valence-electron chi connectivity index (χ1n) is 17.9. The molecule has 1 aliphatic carbocycles. The van der Waals surface area contributed by atoms with E-state index in [9.17, 15) is 0 Å². The van der Waals surface area contributed by atoms with E-state index in [-0.39, 0.29) is 5.41 Å². The Bertz CT molecular complexity index is 2780. The van der Waals surface area contributed by atoms with Crippen molar-refractivity contribution < 1.29 is 0 Å². The molecule has 3 heteroatoms. The molecule has 7 aromatic carbocycles. The number of benzene rings is 7. The van der Waals surface area contributed by atoms with Gasteiger partial charge >= 0.3 is 0 Å². The van der Waals surface area contributed by atoms with Crippen molar-refractivity contribution in [2.24, 2.45) is 0 Å². The third-order valence-corrected chi connectivity index (χ3v) is 10.8. The molecule has 1 aliphatic rings. The van der Waals surface area contributed by atoms with Crippen molar-refractivity contribution in [2.45, 2.75) is 19.3 Å². The highest BCUT2D eigenvalue weighted by atomic mass is 15.0. The van der Waals surface area contributed by atoms with Crippen LogP contribution in [0.2, 0.25) is 0 Å². The number of hydrogen-bond donors (Lipinski definition) is 0. The normalized spacial score (nSPS) is 13.0. The summed E-state index contributed by atoms with van der Waals surface area (Å²) in [5, 5.41) is 2.54. The molecule has 0 bridgehead atoms. The fourth-order valence-corrected chi connectivity index (χ4v) is 8.15. The SMILES string of the molecule is CC1(C)c2ccccc2-c2cc3c(cc21)c1ccccc1n3-c1ccc(-c2nc(-c3ccccc3)cc(-c3ccc(-c4ccccc4)cc3)n2)cc1. The summed E-state index contributed by atoms with van der Waals surface area (Å²) >= 11 is 0. The summed E-state index contributed by atoms with van der Waals surface area (Å²) in [5.41, 5.74) is 16.2. The standard InChI is InChI=1S/C49H35N3/c1-49(2)42-19-11-9-17-38(42)40-30-47-41(29-43(40)49)39-18-10-12-20-46(39)52(47)37-27-25-36(26-28-37)48-50-44(34-15-7-4-8-16-34)31-45(51-48)35-23-21-33(22-24-35)32-13-5-3-6-14-32/h3-31H,1-2H3. The van der Waals surface area contributed by atoms with Crippen LogP contribution in [0, 0.1) is 0 Å². The molecule has 0 amide bonds. The van der Waals surface area contributed by atoms with Gasteiger partial charge in [0.1, 0.15) is 0 Å². The van der Waals surface area contributed by atoms with E-state index in [1.807, 2.05) is 12.1 Å². The number of fused-ring (bicyclic) bond motifs is 6. The van der Waals surface area contributed by atoms with Crippen molar-refractivity contribution in [1.29, 1.82) is 0 Å². The van der Waals surface area contributed by atoms with Crippen LogP contribution in [-0.2, 0) is 5.41 Å². The second kappa shape index (κ2) is 11.8. The molecule has 0 aliphatic heterocycles.